The molecule has 2 aliphatic heterocycles. The van der Waals surface area contributed by atoms with Gasteiger partial charge >= 0.3 is 0 Å². The Morgan fingerprint density at radius 3 is 2.62 bits per heavy atom. The van der Waals surface area contributed by atoms with Crippen molar-refractivity contribution in [2.45, 2.75) is 43.8 Å². The highest BCUT2D eigenvalue weighted by atomic mass is 19.3. The van der Waals surface area contributed by atoms with E-state index in [-0.39, 0.29) is 24.5 Å². The van der Waals surface area contributed by atoms with E-state index in [9.17, 15) is 8.78 Å². The van der Waals surface area contributed by atoms with Crippen molar-refractivity contribution >= 4 is 0 Å². The van der Waals surface area contributed by atoms with Crippen molar-refractivity contribution in [1.29, 1.82) is 0 Å². The van der Waals surface area contributed by atoms with Gasteiger partial charge in [-0.05, 0) is 25.2 Å². The fraction of sp³-hybridized carbons (Fsp3) is 1.00. The van der Waals surface area contributed by atoms with E-state index < -0.39 is 12.5 Å². The molecule has 13 heavy (non-hydrogen) atoms. The lowest BCUT2D eigenvalue weighted by atomic mass is 9.85. The Labute approximate surface area is 76.4 Å². The summed E-state index contributed by atoms with van der Waals surface area (Å²) in [5.74, 6) is -2.66. The Morgan fingerprint density at radius 1 is 1.38 bits per heavy atom. The first-order valence-corrected chi connectivity index (χ1v) is 4.84. The van der Waals surface area contributed by atoms with Crippen molar-refractivity contribution in [2.75, 3.05) is 6.54 Å². The van der Waals surface area contributed by atoms with Crippen LogP contribution in [0.15, 0.2) is 0 Å². The summed E-state index contributed by atoms with van der Waals surface area (Å²) in [6.07, 6.45) is 3.06. The molecule has 2 N–H and O–H groups in total. The number of ether oxygens (including phenoxy) is 1. The highest BCUT2D eigenvalue weighted by molar-refractivity contribution is 4.91. The Bertz CT molecular complexity index is 198. The van der Waals surface area contributed by atoms with Crippen LogP contribution in [0.25, 0.3) is 0 Å². The number of hydrogen-bond acceptors (Lipinski definition) is 2. The molecule has 2 aliphatic rings. The quantitative estimate of drug-likeness (QED) is 0.734. The normalized spacial score (nSPS) is 38.5. The summed E-state index contributed by atoms with van der Waals surface area (Å²) in [5.41, 5.74) is 4.99. The number of fused-ring (bicyclic) bond motifs is 2. The molecule has 3 unspecified atom stereocenters. The highest BCUT2D eigenvalue weighted by Crippen LogP contribution is 2.43. The molecule has 2 bridgehead atoms. The minimum absolute atomic E-state index is 0.0392. The first-order chi connectivity index (χ1) is 6.11. The monoisotopic (exact) mass is 191 g/mol. The average molecular weight is 191 g/mol. The molecule has 2 heterocycles. The molecule has 0 aromatic carbocycles. The summed E-state index contributed by atoms with van der Waals surface area (Å²) >= 11 is 0. The average Bonchev–Trinajstić information content (AvgIpc) is 2.64. The second kappa shape index (κ2) is 3.17. The van der Waals surface area contributed by atoms with Crippen LogP contribution in [0.2, 0.25) is 0 Å². The zero-order valence-corrected chi connectivity index (χ0v) is 7.51. The Hall–Kier alpha value is -0.220. The van der Waals surface area contributed by atoms with E-state index in [1.54, 1.807) is 0 Å². The molecule has 0 amide bonds. The van der Waals surface area contributed by atoms with Crippen LogP contribution in [0.5, 0.6) is 0 Å². The molecule has 4 heteroatoms. The van der Waals surface area contributed by atoms with E-state index in [2.05, 4.69) is 0 Å². The van der Waals surface area contributed by atoms with Gasteiger partial charge in [-0.15, -0.1) is 0 Å². The maximum atomic E-state index is 12.9. The lowest BCUT2D eigenvalue weighted by Gasteiger charge is -2.23. The van der Waals surface area contributed by atoms with E-state index in [0.29, 0.717) is 0 Å². The largest absolute Gasteiger partial charge is 0.375 e. The Balaban J connectivity index is 1.89. The topological polar surface area (TPSA) is 35.2 Å². The third-order valence-corrected chi connectivity index (χ3v) is 3.09. The van der Waals surface area contributed by atoms with E-state index in [1.165, 1.54) is 0 Å². The Morgan fingerprint density at radius 2 is 2.15 bits per heavy atom. The minimum atomic E-state index is -2.70. The number of alkyl halides is 2. The fourth-order valence-electron chi connectivity index (χ4n) is 2.42. The standard InChI is InChI=1S/C9H15F2NO/c10-9(11,5-12)4-6-3-7-1-2-8(6)13-7/h6-8H,1-5,12H2. The van der Waals surface area contributed by atoms with E-state index in [4.69, 9.17) is 10.5 Å². The van der Waals surface area contributed by atoms with E-state index in [0.717, 1.165) is 19.3 Å². The summed E-state index contributed by atoms with van der Waals surface area (Å²) in [5, 5.41) is 0. The van der Waals surface area contributed by atoms with Gasteiger partial charge in [-0.2, -0.15) is 0 Å². The maximum absolute atomic E-state index is 12.9. The first kappa shape index (κ1) is 9.34. The van der Waals surface area contributed by atoms with Gasteiger partial charge in [0.25, 0.3) is 5.92 Å². The van der Waals surface area contributed by atoms with Crippen molar-refractivity contribution < 1.29 is 13.5 Å². The van der Waals surface area contributed by atoms with E-state index >= 15 is 0 Å². The molecule has 0 aliphatic carbocycles. The fourth-order valence-corrected chi connectivity index (χ4v) is 2.42. The third kappa shape index (κ3) is 1.83. The number of rotatable bonds is 3. The molecule has 0 radical (unpaired) electrons. The molecule has 2 fully saturated rings. The molecular weight excluding hydrogens is 176 g/mol. The summed E-state index contributed by atoms with van der Waals surface area (Å²) < 4.78 is 31.4. The van der Waals surface area contributed by atoms with Crippen LogP contribution >= 0.6 is 0 Å². The molecule has 2 saturated heterocycles. The smallest absolute Gasteiger partial charge is 0.260 e. The van der Waals surface area contributed by atoms with Crippen LogP contribution in [0.4, 0.5) is 8.78 Å². The Kier molecular flexibility index (Phi) is 2.28. The summed E-state index contributed by atoms with van der Waals surface area (Å²) in [6.45, 7) is -0.541. The van der Waals surface area contributed by atoms with Gasteiger partial charge in [0.2, 0.25) is 0 Å². The molecule has 2 rings (SSSR count). The minimum Gasteiger partial charge on any atom is -0.375 e. The van der Waals surface area contributed by atoms with Gasteiger partial charge in [0.1, 0.15) is 0 Å². The van der Waals surface area contributed by atoms with Crippen LogP contribution < -0.4 is 5.73 Å². The predicted octanol–water partition coefficient (Wildman–Crippen LogP) is 1.54. The number of nitrogens with two attached hydrogens (primary N) is 1. The van der Waals surface area contributed by atoms with Gasteiger partial charge < -0.3 is 10.5 Å². The molecule has 2 nitrogen and oxygen atoms in total. The molecule has 0 aromatic heterocycles. The number of halogens is 2. The van der Waals surface area contributed by atoms with Crippen molar-refractivity contribution in [3.8, 4) is 0 Å². The molecule has 0 spiro atoms. The van der Waals surface area contributed by atoms with Gasteiger partial charge in [0, 0.05) is 6.42 Å². The van der Waals surface area contributed by atoms with Crippen molar-refractivity contribution in [1.82, 2.24) is 0 Å². The highest BCUT2D eigenvalue weighted by Gasteiger charge is 2.44. The van der Waals surface area contributed by atoms with Gasteiger partial charge in [-0.25, -0.2) is 8.78 Å². The van der Waals surface area contributed by atoms with Crippen molar-refractivity contribution in [3.63, 3.8) is 0 Å². The van der Waals surface area contributed by atoms with Gasteiger partial charge in [-0.3, -0.25) is 0 Å². The molecule has 0 aromatic rings. The van der Waals surface area contributed by atoms with Gasteiger partial charge in [-0.1, -0.05) is 0 Å². The molecular formula is C9H15F2NO. The molecule has 76 valence electrons. The second-order valence-corrected chi connectivity index (χ2v) is 4.13. The number of hydrogen-bond donors (Lipinski definition) is 1. The van der Waals surface area contributed by atoms with Crippen LogP contribution in [-0.2, 0) is 4.74 Å². The predicted molar refractivity (Wildman–Crippen MR) is 44.6 cm³/mol. The van der Waals surface area contributed by atoms with Gasteiger partial charge in [0.05, 0.1) is 18.8 Å². The second-order valence-electron chi connectivity index (χ2n) is 4.13. The maximum Gasteiger partial charge on any atom is 0.260 e. The summed E-state index contributed by atoms with van der Waals surface area (Å²) in [6, 6.07) is 0. The van der Waals surface area contributed by atoms with Crippen LogP contribution in [0.3, 0.4) is 0 Å². The van der Waals surface area contributed by atoms with Crippen LogP contribution in [0, 0.1) is 5.92 Å². The van der Waals surface area contributed by atoms with Crippen LogP contribution in [-0.4, -0.2) is 24.7 Å². The van der Waals surface area contributed by atoms with E-state index in [1.807, 2.05) is 0 Å². The third-order valence-electron chi connectivity index (χ3n) is 3.09. The van der Waals surface area contributed by atoms with Crippen LogP contribution in [0.1, 0.15) is 25.7 Å². The molecule has 0 saturated carbocycles. The zero-order chi connectivity index (χ0) is 9.47. The SMILES string of the molecule is NCC(F)(F)CC1CC2CCC1O2. The van der Waals surface area contributed by atoms with Crippen molar-refractivity contribution in [3.05, 3.63) is 0 Å². The van der Waals surface area contributed by atoms with Gasteiger partial charge in [0.15, 0.2) is 0 Å². The van der Waals surface area contributed by atoms with Crippen molar-refractivity contribution in [2.24, 2.45) is 11.7 Å². The summed E-state index contributed by atoms with van der Waals surface area (Å²) in [4.78, 5) is 0. The zero-order valence-electron chi connectivity index (χ0n) is 7.51. The summed E-state index contributed by atoms with van der Waals surface area (Å²) in [7, 11) is 0. The lowest BCUT2D eigenvalue weighted by molar-refractivity contribution is -0.0241. The lowest BCUT2D eigenvalue weighted by Crippen LogP contribution is -2.33. The molecule has 3 atom stereocenters. The first-order valence-electron chi connectivity index (χ1n) is 4.84.